The molecule has 1 saturated heterocycles. The quantitative estimate of drug-likeness (QED) is 0.872. The maximum absolute atomic E-state index is 14.4. The van der Waals surface area contributed by atoms with E-state index in [-0.39, 0.29) is 30.6 Å². The van der Waals surface area contributed by atoms with Gasteiger partial charge in [-0.2, -0.15) is 0 Å². The highest BCUT2D eigenvalue weighted by Gasteiger charge is 2.40. The summed E-state index contributed by atoms with van der Waals surface area (Å²) < 4.78 is 27.4. The summed E-state index contributed by atoms with van der Waals surface area (Å²) in [5.74, 6) is -1.62. The van der Waals surface area contributed by atoms with Gasteiger partial charge in [-0.3, -0.25) is 9.59 Å². The van der Waals surface area contributed by atoms with Crippen molar-refractivity contribution in [2.24, 2.45) is 5.92 Å². The van der Waals surface area contributed by atoms with Crippen LogP contribution in [0, 0.1) is 17.6 Å². The zero-order chi connectivity index (χ0) is 19.4. The number of carbonyl (C=O) groups excluding carboxylic acids is 2. The van der Waals surface area contributed by atoms with E-state index in [1.165, 1.54) is 18.2 Å². The fourth-order valence-electron chi connectivity index (χ4n) is 3.62. The third kappa shape index (κ3) is 4.15. The van der Waals surface area contributed by atoms with Gasteiger partial charge in [0.25, 0.3) is 0 Å². The molecule has 0 saturated carbocycles. The molecule has 1 heterocycles. The van der Waals surface area contributed by atoms with Crippen molar-refractivity contribution in [3.63, 3.8) is 0 Å². The number of hydrogen-bond donors (Lipinski definition) is 1. The summed E-state index contributed by atoms with van der Waals surface area (Å²) in [6, 6.07) is 11.5. The fraction of sp³-hybridized carbons (Fsp3) is 0.333. The van der Waals surface area contributed by atoms with Crippen molar-refractivity contribution in [1.82, 2.24) is 10.2 Å². The Morgan fingerprint density at radius 3 is 2.52 bits per heavy atom. The molecular formula is C21H22F2N2O2. The summed E-state index contributed by atoms with van der Waals surface area (Å²) in [4.78, 5) is 26.8. The molecule has 0 radical (unpaired) electrons. The number of piperidine rings is 1. The lowest BCUT2D eigenvalue weighted by Crippen LogP contribution is -2.48. The summed E-state index contributed by atoms with van der Waals surface area (Å²) >= 11 is 0. The van der Waals surface area contributed by atoms with Crippen LogP contribution in [0.5, 0.6) is 0 Å². The van der Waals surface area contributed by atoms with Crippen LogP contribution in [-0.4, -0.2) is 23.3 Å². The highest BCUT2D eigenvalue weighted by Crippen LogP contribution is 2.37. The van der Waals surface area contributed by atoms with Gasteiger partial charge < -0.3 is 10.2 Å². The Morgan fingerprint density at radius 1 is 1.15 bits per heavy atom. The second-order valence-electron chi connectivity index (χ2n) is 6.64. The van der Waals surface area contributed by atoms with E-state index in [9.17, 15) is 18.4 Å². The molecule has 1 N–H and O–H groups in total. The van der Waals surface area contributed by atoms with Crippen molar-refractivity contribution in [3.05, 3.63) is 71.3 Å². The molecule has 0 aliphatic carbocycles. The summed E-state index contributed by atoms with van der Waals surface area (Å²) in [5, 5.41) is 2.85. The average molecular weight is 372 g/mol. The number of hydrogen-bond acceptors (Lipinski definition) is 2. The monoisotopic (exact) mass is 372 g/mol. The van der Waals surface area contributed by atoms with Crippen LogP contribution < -0.4 is 5.32 Å². The molecule has 0 bridgehead atoms. The Morgan fingerprint density at radius 2 is 1.85 bits per heavy atom. The molecule has 2 aromatic carbocycles. The molecule has 1 aliphatic rings. The minimum atomic E-state index is -0.634. The maximum Gasteiger partial charge on any atom is 0.225 e. The first kappa shape index (κ1) is 19.0. The third-order valence-electron chi connectivity index (χ3n) is 4.99. The first-order chi connectivity index (χ1) is 13.0. The van der Waals surface area contributed by atoms with Crippen LogP contribution >= 0.6 is 0 Å². The SMILES string of the molecule is CCN1C(=O)CC[C@@H](C(=O)NCc2ccc(F)cc2)[C@@H]1c1ccccc1F. The van der Waals surface area contributed by atoms with Gasteiger partial charge in [0.05, 0.1) is 12.0 Å². The molecule has 2 amide bonds. The zero-order valence-electron chi connectivity index (χ0n) is 15.1. The normalized spacial score (nSPS) is 19.8. The third-order valence-corrected chi connectivity index (χ3v) is 4.99. The number of rotatable bonds is 5. The Balaban J connectivity index is 1.82. The molecule has 3 rings (SSSR count). The number of nitrogens with one attached hydrogen (secondary N) is 1. The molecule has 6 heteroatoms. The first-order valence-corrected chi connectivity index (χ1v) is 9.07. The van der Waals surface area contributed by atoms with E-state index < -0.39 is 17.8 Å². The van der Waals surface area contributed by atoms with Crippen molar-refractivity contribution >= 4 is 11.8 Å². The van der Waals surface area contributed by atoms with Gasteiger partial charge in [0.15, 0.2) is 0 Å². The number of carbonyl (C=O) groups is 2. The molecule has 0 spiro atoms. The lowest BCUT2D eigenvalue weighted by Gasteiger charge is -2.40. The summed E-state index contributed by atoms with van der Waals surface area (Å²) in [6.07, 6.45) is 0.622. The van der Waals surface area contributed by atoms with Crippen molar-refractivity contribution in [3.8, 4) is 0 Å². The van der Waals surface area contributed by atoms with E-state index in [0.29, 0.717) is 18.5 Å². The van der Waals surface area contributed by atoms with Crippen molar-refractivity contribution < 1.29 is 18.4 Å². The molecule has 2 aromatic rings. The topological polar surface area (TPSA) is 49.4 Å². The number of halogens is 2. The minimum Gasteiger partial charge on any atom is -0.352 e. The van der Waals surface area contributed by atoms with Gasteiger partial charge in [-0.25, -0.2) is 8.78 Å². The lowest BCUT2D eigenvalue weighted by atomic mass is 9.83. The van der Waals surface area contributed by atoms with E-state index in [0.717, 1.165) is 5.56 Å². The highest BCUT2D eigenvalue weighted by molar-refractivity contribution is 5.85. The minimum absolute atomic E-state index is 0.0756. The van der Waals surface area contributed by atoms with E-state index in [1.807, 2.05) is 6.92 Å². The molecule has 1 aliphatic heterocycles. The molecule has 0 unspecified atom stereocenters. The lowest BCUT2D eigenvalue weighted by molar-refractivity contribution is -0.143. The Kier molecular flexibility index (Phi) is 5.84. The van der Waals surface area contributed by atoms with E-state index in [1.54, 1.807) is 35.2 Å². The summed E-state index contributed by atoms with van der Waals surface area (Å²) in [6.45, 7) is 2.48. The zero-order valence-corrected chi connectivity index (χ0v) is 15.1. The predicted molar refractivity (Wildman–Crippen MR) is 97.5 cm³/mol. The van der Waals surface area contributed by atoms with Gasteiger partial charge in [-0.1, -0.05) is 30.3 Å². The highest BCUT2D eigenvalue weighted by atomic mass is 19.1. The number of nitrogens with zero attached hydrogens (tertiary/aromatic N) is 1. The molecule has 27 heavy (non-hydrogen) atoms. The van der Waals surface area contributed by atoms with Crippen LogP contribution in [0.2, 0.25) is 0 Å². The van der Waals surface area contributed by atoms with Gasteiger partial charge in [-0.15, -0.1) is 0 Å². The first-order valence-electron chi connectivity index (χ1n) is 9.07. The van der Waals surface area contributed by atoms with Crippen LogP contribution in [0.25, 0.3) is 0 Å². The van der Waals surface area contributed by atoms with E-state index in [2.05, 4.69) is 5.32 Å². The van der Waals surface area contributed by atoms with Gasteiger partial charge in [0.1, 0.15) is 11.6 Å². The summed E-state index contributed by atoms with van der Waals surface area (Å²) in [7, 11) is 0. The maximum atomic E-state index is 14.4. The second-order valence-corrected chi connectivity index (χ2v) is 6.64. The van der Waals surface area contributed by atoms with Crippen LogP contribution in [-0.2, 0) is 16.1 Å². The number of amides is 2. The fourth-order valence-corrected chi connectivity index (χ4v) is 3.62. The summed E-state index contributed by atoms with van der Waals surface area (Å²) in [5.41, 5.74) is 1.13. The van der Waals surface area contributed by atoms with Gasteiger partial charge in [0.2, 0.25) is 11.8 Å². The van der Waals surface area contributed by atoms with Gasteiger partial charge in [0, 0.05) is 25.1 Å². The van der Waals surface area contributed by atoms with Gasteiger partial charge >= 0.3 is 0 Å². The van der Waals surface area contributed by atoms with Crippen LogP contribution in [0.3, 0.4) is 0 Å². The van der Waals surface area contributed by atoms with Crippen LogP contribution in [0.1, 0.15) is 36.9 Å². The largest absolute Gasteiger partial charge is 0.352 e. The van der Waals surface area contributed by atoms with Crippen molar-refractivity contribution in [2.75, 3.05) is 6.54 Å². The molecule has 1 fully saturated rings. The van der Waals surface area contributed by atoms with E-state index >= 15 is 0 Å². The molecule has 0 aromatic heterocycles. The number of benzene rings is 2. The number of likely N-dealkylation sites (tertiary alicyclic amines) is 1. The van der Waals surface area contributed by atoms with Crippen molar-refractivity contribution in [2.45, 2.75) is 32.4 Å². The predicted octanol–water partition coefficient (Wildman–Crippen LogP) is 3.58. The van der Waals surface area contributed by atoms with Crippen molar-refractivity contribution in [1.29, 1.82) is 0 Å². The van der Waals surface area contributed by atoms with Gasteiger partial charge in [-0.05, 0) is 37.1 Å². The average Bonchev–Trinajstić information content (AvgIpc) is 2.67. The van der Waals surface area contributed by atoms with Crippen LogP contribution in [0.15, 0.2) is 48.5 Å². The molecular weight excluding hydrogens is 350 g/mol. The molecule has 142 valence electrons. The second kappa shape index (κ2) is 8.29. The Bertz CT molecular complexity index is 823. The Labute approximate surface area is 157 Å². The molecule has 4 nitrogen and oxygen atoms in total. The standard InChI is InChI=1S/C21H22F2N2O2/c1-2-25-19(26)12-11-17(20(25)16-5-3-4-6-18(16)23)21(27)24-13-14-7-9-15(22)10-8-14/h3-10,17,20H,2,11-13H2,1H3,(H,24,27)/t17-,20+/m1/s1. The molecule has 2 atom stereocenters. The smallest absolute Gasteiger partial charge is 0.225 e. The van der Waals surface area contributed by atoms with Crippen LogP contribution in [0.4, 0.5) is 8.78 Å². The van der Waals surface area contributed by atoms with E-state index in [4.69, 9.17) is 0 Å². The Hall–Kier alpha value is -2.76.